The van der Waals surface area contributed by atoms with Gasteiger partial charge in [0.2, 0.25) is 0 Å². The van der Waals surface area contributed by atoms with Gasteiger partial charge in [-0.2, -0.15) is 11.8 Å². The molecule has 2 nitrogen and oxygen atoms in total. The van der Waals surface area contributed by atoms with E-state index in [1.807, 2.05) is 18.0 Å². The molecule has 0 saturated carbocycles. The average molecular weight is 303 g/mol. The maximum absolute atomic E-state index is 4.41. The molecule has 16 heavy (non-hydrogen) atoms. The van der Waals surface area contributed by atoms with Gasteiger partial charge in [-0.3, -0.25) is 4.98 Å². The second kappa shape index (κ2) is 8.09. The number of halogens is 1. The molecule has 1 N–H and O–H groups in total. The van der Waals surface area contributed by atoms with E-state index in [0.717, 1.165) is 23.1 Å². The number of nitrogens with one attached hydrogen (secondary N) is 1. The Morgan fingerprint density at radius 2 is 2.31 bits per heavy atom. The highest BCUT2D eigenvalue weighted by Gasteiger charge is 2.08. The van der Waals surface area contributed by atoms with Crippen molar-refractivity contribution in [2.75, 3.05) is 18.6 Å². The minimum absolute atomic E-state index is 0.547. The second-order valence-corrected chi connectivity index (χ2v) is 5.61. The van der Waals surface area contributed by atoms with Crippen molar-refractivity contribution in [2.24, 2.45) is 0 Å². The molecule has 1 rings (SSSR count). The largest absolute Gasteiger partial charge is 0.314 e. The molecule has 1 atom stereocenters. The van der Waals surface area contributed by atoms with E-state index in [1.165, 1.54) is 12.2 Å². The van der Waals surface area contributed by atoms with Crippen LogP contribution in [0.3, 0.4) is 0 Å². The van der Waals surface area contributed by atoms with Crippen LogP contribution in [-0.2, 0) is 6.42 Å². The molecule has 0 bridgehead atoms. The van der Waals surface area contributed by atoms with Crippen molar-refractivity contribution < 1.29 is 0 Å². The van der Waals surface area contributed by atoms with Crippen molar-refractivity contribution in [3.63, 3.8) is 0 Å². The van der Waals surface area contributed by atoms with Crippen molar-refractivity contribution in [3.05, 3.63) is 28.5 Å². The van der Waals surface area contributed by atoms with Gasteiger partial charge >= 0.3 is 0 Å². The Hall–Kier alpha value is -0.0600. The van der Waals surface area contributed by atoms with E-state index >= 15 is 0 Å². The highest BCUT2D eigenvalue weighted by molar-refractivity contribution is 9.10. The van der Waals surface area contributed by atoms with E-state index in [4.69, 9.17) is 0 Å². The van der Waals surface area contributed by atoms with Gasteiger partial charge in [-0.1, -0.05) is 6.92 Å². The molecule has 0 fully saturated rings. The molecule has 1 aromatic heterocycles. The molecule has 0 saturated heterocycles. The van der Waals surface area contributed by atoms with E-state index in [0.29, 0.717) is 6.04 Å². The number of aromatic nitrogens is 1. The summed E-state index contributed by atoms with van der Waals surface area (Å²) in [6, 6.07) is 4.69. The van der Waals surface area contributed by atoms with Gasteiger partial charge in [-0.25, -0.2) is 0 Å². The Kier molecular flexibility index (Phi) is 7.08. The minimum atomic E-state index is 0.547. The van der Waals surface area contributed by atoms with E-state index in [1.54, 1.807) is 0 Å². The van der Waals surface area contributed by atoms with Crippen LogP contribution in [0.1, 0.15) is 19.0 Å². The van der Waals surface area contributed by atoms with Gasteiger partial charge in [0, 0.05) is 28.8 Å². The number of nitrogens with zero attached hydrogens (tertiary/aromatic N) is 1. The van der Waals surface area contributed by atoms with Crippen LogP contribution >= 0.6 is 27.7 Å². The third-order valence-electron chi connectivity index (χ3n) is 2.41. The van der Waals surface area contributed by atoms with Gasteiger partial charge in [-0.05, 0) is 53.0 Å². The molecule has 90 valence electrons. The second-order valence-electron chi connectivity index (χ2n) is 3.71. The topological polar surface area (TPSA) is 24.9 Å². The van der Waals surface area contributed by atoms with Crippen LogP contribution in [0.15, 0.2) is 22.8 Å². The van der Waals surface area contributed by atoms with Crippen LogP contribution in [0, 0.1) is 0 Å². The molecule has 0 aliphatic carbocycles. The van der Waals surface area contributed by atoms with Gasteiger partial charge in [0.05, 0.1) is 0 Å². The Labute approximate surface area is 111 Å². The first kappa shape index (κ1) is 14.0. The highest BCUT2D eigenvalue weighted by atomic mass is 79.9. The molecular weight excluding hydrogens is 284 g/mol. The predicted molar refractivity (Wildman–Crippen MR) is 76.1 cm³/mol. The monoisotopic (exact) mass is 302 g/mol. The summed E-state index contributed by atoms with van der Waals surface area (Å²) >= 11 is 5.30. The summed E-state index contributed by atoms with van der Waals surface area (Å²) in [5, 5.41) is 3.52. The number of hydrogen-bond acceptors (Lipinski definition) is 3. The fraction of sp³-hybridized carbons (Fsp3) is 0.583. The molecule has 0 amide bonds. The van der Waals surface area contributed by atoms with Crippen molar-refractivity contribution in [2.45, 2.75) is 25.8 Å². The van der Waals surface area contributed by atoms with E-state index in [9.17, 15) is 0 Å². The zero-order chi connectivity index (χ0) is 11.8. The summed E-state index contributed by atoms with van der Waals surface area (Å²) in [7, 11) is 0. The van der Waals surface area contributed by atoms with E-state index in [2.05, 4.69) is 51.5 Å². The minimum Gasteiger partial charge on any atom is -0.314 e. The van der Waals surface area contributed by atoms with Crippen molar-refractivity contribution in [1.29, 1.82) is 0 Å². The van der Waals surface area contributed by atoms with Crippen LogP contribution in [0.25, 0.3) is 0 Å². The van der Waals surface area contributed by atoms with Crippen molar-refractivity contribution >= 4 is 27.7 Å². The van der Waals surface area contributed by atoms with Gasteiger partial charge in [0.1, 0.15) is 0 Å². The molecule has 0 aliphatic heterocycles. The smallest absolute Gasteiger partial charge is 0.0419 e. The lowest BCUT2D eigenvalue weighted by Crippen LogP contribution is -2.31. The normalized spacial score (nSPS) is 12.7. The zero-order valence-corrected chi connectivity index (χ0v) is 12.3. The molecule has 0 radical (unpaired) electrons. The Balaban J connectivity index is 2.49. The fourth-order valence-electron chi connectivity index (χ4n) is 1.60. The third kappa shape index (κ3) is 5.32. The average Bonchev–Trinajstić information content (AvgIpc) is 2.29. The van der Waals surface area contributed by atoms with Gasteiger partial charge in [0.15, 0.2) is 0 Å². The fourth-order valence-corrected chi connectivity index (χ4v) is 2.36. The lowest BCUT2D eigenvalue weighted by Gasteiger charge is -2.16. The Bertz CT molecular complexity index is 290. The summed E-state index contributed by atoms with van der Waals surface area (Å²) in [5.41, 5.74) is 1.16. The summed E-state index contributed by atoms with van der Waals surface area (Å²) in [5.74, 6) is 1.20. The molecule has 0 aromatic carbocycles. The number of hydrogen-bond donors (Lipinski definition) is 1. The van der Waals surface area contributed by atoms with Gasteiger partial charge < -0.3 is 5.32 Å². The predicted octanol–water partition coefficient (Wildman–Crippen LogP) is 3.12. The van der Waals surface area contributed by atoms with Crippen molar-refractivity contribution in [3.8, 4) is 0 Å². The summed E-state index contributed by atoms with van der Waals surface area (Å²) < 4.78 is 1.04. The first-order chi connectivity index (χ1) is 7.76. The van der Waals surface area contributed by atoms with E-state index in [-0.39, 0.29) is 0 Å². The van der Waals surface area contributed by atoms with Crippen LogP contribution < -0.4 is 5.32 Å². The van der Waals surface area contributed by atoms with Crippen LogP contribution in [0.4, 0.5) is 0 Å². The number of thioether (sulfide) groups is 1. The summed E-state index contributed by atoms with van der Waals surface area (Å²) in [6.07, 6.45) is 6.24. The quantitative estimate of drug-likeness (QED) is 0.838. The first-order valence-electron chi connectivity index (χ1n) is 5.59. The van der Waals surface area contributed by atoms with Gasteiger partial charge in [0.25, 0.3) is 0 Å². The molecule has 4 heteroatoms. The molecule has 0 spiro atoms. The first-order valence-corrected chi connectivity index (χ1v) is 7.77. The molecule has 0 aliphatic rings. The Morgan fingerprint density at radius 3 is 2.88 bits per heavy atom. The van der Waals surface area contributed by atoms with Crippen LogP contribution in [0.2, 0.25) is 0 Å². The number of pyridine rings is 1. The standard InChI is InChI=1S/C12H19BrN2S/c1-3-14-12(6-7-16-2)8-11-5-4-10(13)9-15-11/h4-5,9,12,14H,3,6-8H2,1-2H3. The van der Waals surface area contributed by atoms with Crippen LogP contribution in [0.5, 0.6) is 0 Å². The number of likely N-dealkylation sites (N-methyl/N-ethyl adjacent to an activating group) is 1. The SMILES string of the molecule is CCNC(CCSC)Cc1ccc(Br)cn1. The number of rotatable bonds is 7. The van der Waals surface area contributed by atoms with Gasteiger partial charge in [-0.15, -0.1) is 0 Å². The Morgan fingerprint density at radius 1 is 1.50 bits per heavy atom. The third-order valence-corrected chi connectivity index (χ3v) is 3.52. The lowest BCUT2D eigenvalue weighted by atomic mass is 10.1. The van der Waals surface area contributed by atoms with Crippen LogP contribution in [-0.4, -0.2) is 29.6 Å². The zero-order valence-electron chi connectivity index (χ0n) is 9.87. The summed E-state index contributed by atoms with van der Waals surface area (Å²) in [4.78, 5) is 4.41. The van der Waals surface area contributed by atoms with E-state index < -0.39 is 0 Å². The molecule has 1 heterocycles. The molecule has 1 unspecified atom stereocenters. The maximum Gasteiger partial charge on any atom is 0.0419 e. The molecule has 1 aromatic rings. The van der Waals surface area contributed by atoms with Crippen molar-refractivity contribution in [1.82, 2.24) is 10.3 Å². The summed E-state index contributed by atoms with van der Waals surface area (Å²) in [6.45, 7) is 3.18. The molecular formula is C12H19BrN2S. The maximum atomic E-state index is 4.41. The highest BCUT2D eigenvalue weighted by Crippen LogP contribution is 2.10. The lowest BCUT2D eigenvalue weighted by molar-refractivity contribution is 0.509.